The minimum Gasteiger partial charge on any atom is -0.327 e. The Kier molecular flexibility index (Phi) is 3.69. The summed E-state index contributed by atoms with van der Waals surface area (Å²) >= 11 is 0. The molecule has 1 fully saturated rings. The largest absolute Gasteiger partial charge is 0.327 e. The summed E-state index contributed by atoms with van der Waals surface area (Å²) in [6, 6.07) is 6.47. The molecule has 1 aromatic heterocycles. The highest BCUT2D eigenvalue weighted by atomic mass is 15.1. The van der Waals surface area contributed by atoms with E-state index >= 15 is 0 Å². The van der Waals surface area contributed by atoms with Crippen molar-refractivity contribution < 1.29 is 0 Å². The van der Waals surface area contributed by atoms with Crippen LogP contribution in [0.1, 0.15) is 18.5 Å². The molecule has 0 radical (unpaired) electrons. The quantitative estimate of drug-likeness (QED) is 0.802. The van der Waals surface area contributed by atoms with Gasteiger partial charge in [-0.25, -0.2) is 0 Å². The first-order valence-electron chi connectivity index (χ1n) is 5.72. The Morgan fingerprint density at radius 3 is 3.13 bits per heavy atom. The molecule has 2 heterocycles. The molecule has 1 aliphatic heterocycles. The second-order valence-electron chi connectivity index (χ2n) is 4.27. The first kappa shape index (κ1) is 10.6. The zero-order valence-corrected chi connectivity index (χ0v) is 9.10. The third-order valence-electron chi connectivity index (χ3n) is 2.95. The van der Waals surface area contributed by atoms with Crippen molar-refractivity contribution in [3.63, 3.8) is 0 Å². The van der Waals surface area contributed by atoms with E-state index in [2.05, 4.69) is 16.0 Å². The predicted molar refractivity (Wildman–Crippen MR) is 61.6 cm³/mol. The van der Waals surface area contributed by atoms with Crippen molar-refractivity contribution in [2.75, 3.05) is 19.6 Å². The van der Waals surface area contributed by atoms with Gasteiger partial charge in [-0.1, -0.05) is 6.07 Å². The first-order valence-corrected chi connectivity index (χ1v) is 5.72. The lowest BCUT2D eigenvalue weighted by Crippen LogP contribution is -2.43. The topological polar surface area (TPSA) is 42.1 Å². The fraction of sp³-hybridized carbons (Fsp3) is 0.583. The van der Waals surface area contributed by atoms with Crippen LogP contribution in [0.5, 0.6) is 0 Å². The second-order valence-corrected chi connectivity index (χ2v) is 4.27. The van der Waals surface area contributed by atoms with Crippen LogP contribution >= 0.6 is 0 Å². The average molecular weight is 205 g/mol. The number of likely N-dealkylation sites (tertiary alicyclic amines) is 1. The van der Waals surface area contributed by atoms with Gasteiger partial charge >= 0.3 is 0 Å². The summed E-state index contributed by atoms with van der Waals surface area (Å²) in [5, 5.41) is 0. The molecule has 0 amide bonds. The predicted octanol–water partition coefficient (Wildman–Crippen LogP) is 1.05. The smallest absolute Gasteiger partial charge is 0.0416 e. The number of hydrogen-bond donors (Lipinski definition) is 1. The minimum atomic E-state index is 0.377. The summed E-state index contributed by atoms with van der Waals surface area (Å²) in [5.41, 5.74) is 7.11. The SMILES string of the molecule is N[C@@H]1CCCN(CCc2ccccn2)C1. The summed E-state index contributed by atoms with van der Waals surface area (Å²) in [4.78, 5) is 6.77. The highest BCUT2D eigenvalue weighted by Gasteiger charge is 2.15. The number of nitrogens with two attached hydrogens (primary N) is 1. The summed E-state index contributed by atoms with van der Waals surface area (Å²) in [6.07, 6.45) is 5.31. The van der Waals surface area contributed by atoms with Crippen LogP contribution in [0.25, 0.3) is 0 Å². The Labute approximate surface area is 91.3 Å². The molecule has 3 heteroatoms. The highest BCUT2D eigenvalue weighted by Crippen LogP contribution is 2.08. The highest BCUT2D eigenvalue weighted by molar-refractivity contribution is 5.03. The van der Waals surface area contributed by atoms with Gasteiger partial charge in [-0.2, -0.15) is 0 Å². The number of nitrogens with zero attached hydrogens (tertiary/aromatic N) is 2. The molecule has 1 aliphatic rings. The molecule has 15 heavy (non-hydrogen) atoms. The van der Waals surface area contributed by atoms with Gasteiger partial charge in [0.25, 0.3) is 0 Å². The van der Waals surface area contributed by atoms with Crippen LogP contribution in [0, 0.1) is 0 Å². The van der Waals surface area contributed by atoms with Gasteiger partial charge in [0.05, 0.1) is 0 Å². The molecule has 82 valence electrons. The van der Waals surface area contributed by atoms with E-state index in [4.69, 9.17) is 5.73 Å². The molecule has 2 N–H and O–H groups in total. The monoisotopic (exact) mass is 205 g/mol. The van der Waals surface area contributed by atoms with Crippen LogP contribution in [-0.4, -0.2) is 35.6 Å². The third kappa shape index (κ3) is 3.29. The van der Waals surface area contributed by atoms with Crippen LogP contribution in [0.4, 0.5) is 0 Å². The molecule has 0 aromatic carbocycles. The molecular formula is C12H19N3. The summed E-state index contributed by atoms with van der Waals surface area (Å²) in [7, 11) is 0. The van der Waals surface area contributed by atoms with E-state index in [9.17, 15) is 0 Å². The Bertz CT molecular complexity index is 286. The van der Waals surface area contributed by atoms with Crippen molar-refractivity contribution >= 4 is 0 Å². The van der Waals surface area contributed by atoms with Crippen molar-refractivity contribution in [2.24, 2.45) is 5.73 Å². The van der Waals surface area contributed by atoms with E-state index in [1.54, 1.807) is 0 Å². The maximum Gasteiger partial charge on any atom is 0.0416 e. The molecule has 0 unspecified atom stereocenters. The molecule has 0 bridgehead atoms. The maximum absolute atomic E-state index is 5.94. The zero-order chi connectivity index (χ0) is 10.5. The fourth-order valence-corrected chi connectivity index (χ4v) is 2.11. The first-order chi connectivity index (χ1) is 7.34. The molecular weight excluding hydrogens is 186 g/mol. The van der Waals surface area contributed by atoms with Crippen LogP contribution in [0.2, 0.25) is 0 Å². The van der Waals surface area contributed by atoms with Crippen molar-refractivity contribution in [1.82, 2.24) is 9.88 Å². The van der Waals surface area contributed by atoms with Crippen molar-refractivity contribution in [3.05, 3.63) is 30.1 Å². The van der Waals surface area contributed by atoms with Gasteiger partial charge in [-0.15, -0.1) is 0 Å². The number of pyridine rings is 1. The van der Waals surface area contributed by atoms with Gasteiger partial charge in [-0.3, -0.25) is 4.98 Å². The Balaban J connectivity index is 1.78. The van der Waals surface area contributed by atoms with Gasteiger partial charge in [0, 0.05) is 37.4 Å². The normalized spacial score (nSPS) is 22.9. The number of aromatic nitrogens is 1. The number of hydrogen-bond acceptors (Lipinski definition) is 3. The van der Waals surface area contributed by atoms with Crippen molar-refractivity contribution in [1.29, 1.82) is 0 Å². The molecule has 0 aliphatic carbocycles. The molecule has 2 rings (SSSR count). The summed E-state index contributed by atoms with van der Waals surface area (Å²) in [5.74, 6) is 0. The number of rotatable bonds is 3. The van der Waals surface area contributed by atoms with E-state index in [-0.39, 0.29) is 0 Å². The van der Waals surface area contributed by atoms with Gasteiger partial charge < -0.3 is 10.6 Å². The van der Waals surface area contributed by atoms with Crippen molar-refractivity contribution in [2.45, 2.75) is 25.3 Å². The van der Waals surface area contributed by atoms with Crippen LogP contribution in [0.15, 0.2) is 24.4 Å². The lowest BCUT2D eigenvalue weighted by Gasteiger charge is -2.30. The standard InChI is InChI=1S/C12H19N3/c13-11-4-3-8-15(10-11)9-6-12-5-1-2-7-14-12/h1-2,5,7,11H,3-4,6,8-10,13H2/t11-/m1/s1. The molecule has 0 spiro atoms. The Morgan fingerprint density at radius 2 is 2.40 bits per heavy atom. The van der Waals surface area contributed by atoms with Gasteiger partial charge in [-0.05, 0) is 31.5 Å². The molecule has 1 aromatic rings. The summed E-state index contributed by atoms with van der Waals surface area (Å²) in [6.45, 7) is 3.33. The van der Waals surface area contributed by atoms with Gasteiger partial charge in [0.2, 0.25) is 0 Å². The fourth-order valence-electron chi connectivity index (χ4n) is 2.11. The van der Waals surface area contributed by atoms with E-state index in [0.29, 0.717) is 6.04 Å². The summed E-state index contributed by atoms with van der Waals surface area (Å²) < 4.78 is 0. The Hall–Kier alpha value is -0.930. The van der Waals surface area contributed by atoms with Crippen LogP contribution in [0.3, 0.4) is 0 Å². The lowest BCUT2D eigenvalue weighted by molar-refractivity contribution is 0.211. The molecule has 0 saturated carbocycles. The van der Waals surface area contributed by atoms with Gasteiger partial charge in [0.1, 0.15) is 0 Å². The van der Waals surface area contributed by atoms with Crippen molar-refractivity contribution in [3.8, 4) is 0 Å². The van der Waals surface area contributed by atoms with E-state index < -0.39 is 0 Å². The van der Waals surface area contributed by atoms with Crippen LogP contribution < -0.4 is 5.73 Å². The molecule has 1 saturated heterocycles. The lowest BCUT2D eigenvalue weighted by atomic mass is 10.1. The van der Waals surface area contributed by atoms with Crippen LogP contribution in [-0.2, 0) is 6.42 Å². The molecule has 1 atom stereocenters. The molecule has 3 nitrogen and oxygen atoms in total. The average Bonchev–Trinajstić information content (AvgIpc) is 2.28. The third-order valence-corrected chi connectivity index (χ3v) is 2.95. The second kappa shape index (κ2) is 5.24. The van der Waals surface area contributed by atoms with Gasteiger partial charge in [0.15, 0.2) is 0 Å². The maximum atomic E-state index is 5.94. The van der Waals surface area contributed by atoms with E-state index in [0.717, 1.165) is 19.5 Å². The minimum absolute atomic E-state index is 0.377. The van der Waals surface area contributed by atoms with E-state index in [1.807, 2.05) is 18.3 Å². The Morgan fingerprint density at radius 1 is 1.47 bits per heavy atom. The zero-order valence-electron chi connectivity index (χ0n) is 9.10. The number of piperidine rings is 1. The van der Waals surface area contributed by atoms with E-state index in [1.165, 1.54) is 25.1 Å².